The zero-order chi connectivity index (χ0) is 8.77. The van der Waals surface area contributed by atoms with Gasteiger partial charge in [-0.2, -0.15) is 0 Å². The van der Waals surface area contributed by atoms with E-state index in [1.54, 1.807) is 0 Å². The lowest BCUT2D eigenvalue weighted by atomic mass is 10.1. The predicted octanol–water partition coefficient (Wildman–Crippen LogP) is 3.10. The Labute approximate surface area is 82.4 Å². The quantitative estimate of drug-likeness (QED) is 0.640. The van der Waals surface area contributed by atoms with Crippen molar-refractivity contribution in [3.8, 4) is 0 Å². The molecule has 0 aromatic rings. The van der Waals surface area contributed by atoms with Crippen molar-refractivity contribution in [1.82, 2.24) is 0 Å². The van der Waals surface area contributed by atoms with Gasteiger partial charge in [0.1, 0.15) is 0 Å². The highest BCUT2D eigenvalue weighted by Crippen LogP contribution is 2.65. The molecule has 2 fully saturated rings. The van der Waals surface area contributed by atoms with Gasteiger partial charge in [-0.1, -0.05) is 21.6 Å². The van der Waals surface area contributed by atoms with Crippen molar-refractivity contribution in [3.05, 3.63) is 0 Å². The van der Waals surface area contributed by atoms with Crippen molar-refractivity contribution < 1.29 is 4.74 Å². The van der Waals surface area contributed by atoms with Crippen molar-refractivity contribution in [2.45, 2.75) is 55.8 Å². The van der Waals surface area contributed by atoms with E-state index in [1.807, 2.05) is 10.8 Å². The van der Waals surface area contributed by atoms with Crippen LogP contribution in [0.15, 0.2) is 0 Å². The summed E-state index contributed by atoms with van der Waals surface area (Å²) < 4.78 is 6.48. The lowest BCUT2D eigenvalue weighted by Gasteiger charge is -2.23. The van der Waals surface area contributed by atoms with Crippen molar-refractivity contribution in [2.75, 3.05) is 0 Å². The monoisotopic (exact) mass is 204 g/mol. The Morgan fingerprint density at radius 3 is 2.58 bits per heavy atom. The van der Waals surface area contributed by atoms with Crippen LogP contribution in [0.25, 0.3) is 0 Å². The second-order valence-electron chi connectivity index (χ2n) is 4.05. The van der Waals surface area contributed by atoms with Crippen LogP contribution < -0.4 is 0 Å². The van der Waals surface area contributed by atoms with Crippen molar-refractivity contribution in [2.24, 2.45) is 0 Å². The van der Waals surface area contributed by atoms with E-state index >= 15 is 0 Å². The molecule has 0 bridgehead atoms. The fourth-order valence-electron chi connectivity index (χ4n) is 1.72. The minimum atomic E-state index is 0.384. The average Bonchev–Trinajstić information content (AvgIpc) is 2.70. The van der Waals surface area contributed by atoms with E-state index in [1.165, 1.54) is 12.8 Å². The molecule has 1 aliphatic carbocycles. The van der Waals surface area contributed by atoms with E-state index in [2.05, 4.69) is 31.6 Å². The Kier molecular flexibility index (Phi) is 2.39. The van der Waals surface area contributed by atoms with E-state index < -0.39 is 0 Å². The molecule has 3 heteroatoms. The molecule has 2 aliphatic rings. The molecule has 2 unspecified atom stereocenters. The molecule has 2 atom stereocenters. The van der Waals surface area contributed by atoms with Crippen molar-refractivity contribution in [1.29, 1.82) is 0 Å². The summed E-state index contributed by atoms with van der Waals surface area (Å²) >= 11 is 0. The molecular formula is C9H16OS2. The summed E-state index contributed by atoms with van der Waals surface area (Å²) in [6.45, 7) is 6.56. The molecule has 70 valence electrons. The van der Waals surface area contributed by atoms with Gasteiger partial charge in [-0.05, 0) is 33.6 Å². The van der Waals surface area contributed by atoms with Crippen LogP contribution in [0.2, 0.25) is 0 Å². The van der Waals surface area contributed by atoms with Gasteiger partial charge in [0.15, 0.2) is 0 Å². The van der Waals surface area contributed by atoms with Gasteiger partial charge in [-0.3, -0.25) is 0 Å². The zero-order valence-corrected chi connectivity index (χ0v) is 9.50. The van der Waals surface area contributed by atoms with Crippen LogP contribution in [0.4, 0.5) is 0 Å². The Hall–Kier alpha value is 0.660. The van der Waals surface area contributed by atoms with Crippen LogP contribution in [-0.4, -0.2) is 22.2 Å². The first-order valence-corrected chi connectivity index (χ1v) is 6.85. The maximum Gasteiger partial charge on any atom is 0.0857 e. The van der Waals surface area contributed by atoms with E-state index in [9.17, 15) is 0 Å². The molecular weight excluding hydrogens is 188 g/mol. The first-order valence-electron chi connectivity index (χ1n) is 4.64. The lowest BCUT2D eigenvalue weighted by molar-refractivity contribution is 0.00578. The zero-order valence-electron chi connectivity index (χ0n) is 7.87. The first kappa shape index (κ1) is 9.22. The molecule has 1 saturated carbocycles. The Morgan fingerprint density at radius 2 is 2.08 bits per heavy atom. The maximum atomic E-state index is 5.96. The largest absolute Gasteiger partial charge is 0.373 e. The first-order chi connectivity index (χ1) is 5.64. The van der Waals surface area contributed by atoms with Gasteiger partial charge in [0.25, 0.3) is 0 Å². The van der Waals surface area contributed by atoms with Crippen LogP contribution in [0, 0.1) is 0 Å². The summed E-state index contributed by atoms with van der Waals surface area (Å²) in [4.78, 5) is 0. The van der Waals surface area contributed by atoms with E-state index in [0.717, 1.165) is 0 Å². The number of rotatable bonds is 2. The third-order valence-electron chi connectivity index (χ3n) is 2.47. The second kappa shape index (κ2) is 3.10. The summed E-state index contributed by atoms with van der Waals surface area (Å²) in [6.07, 6.45) is 3.63. The van der Waals surface area contributed by atoms with Crippen molar-refractivity contribution in [3.63, 3.8) is 0 Å². The third kappa shape index (κ3) is 1.51. The summed E-state index contributed by atoms with van der Waals surface area (Å²) in [7, 11) is 4.07. The summed E-state index contributed by atoms with van der Waals surface area (Å²) in [5.74, 6) is 0. The summed E-state index contributed by atoms with van der Waals surface area (Å²) in [6, 6.07) is 0. The number of ether oxygens (including phenoxy) is 1. The molecule has 0 aromatic heterocycles. The van der Waals surface area contributed by atoms with Crippen LogP contribution >= 0.6 is 21.6 Å². The summed E-state index contributed by atoms with van der Waals surface area (Å²) in [5, 5.41) is 0.680. The number of hydrogen-bond donors (Lipinski definition) is 0. The highest BCUT2D eigenvalue weighted by molar-refractivity contribution is 8.78. The fraction of sp³-hybridized carbons (Fsp3) is 1.00. The highest BCUT2D eigenvalue weighted by atomic mass is 33.1. The van der Waals surface area contributed by atoms with E-state index in [4.69, 9.17) is 4.74 Å². The molecule has 2 rings (SSSR count). The van der Waals surface area contributed by atoms with Gasteiger partial charge in [-0.25, -0.2) is 0 Å². The van der Waals surface area contributed by atoms with Crippen LogP contribution in [0.1, 0.15) is 33.6 Å². The topological polar surface area (TPSA) is 9.23 Å². The second-order valence-corrected chi connectivity index (χ2v) is 7.05. The molecule has 1 spiro atoms. The van der Waals surface area contributed by atoms with Crippen molar-refractivity contribution >= 4 is 21.6 Å². The van der Waals surface area contributed by atoms with Gasteiger partial charge in [0, 0.05) is 5.25 Å². The standard InChI is InChI=1S/C9H16OS2/c1-6(2)10-8-7(3)11-12-9(8)4-5-9/h6-8H,4-5H2,1-3H3. The third-order valence-corrected chi connectivity index (χ3v) is 6.29. The van der Waals surface area contributed by atoms with E-state index in [0.29, 0.717) is 22.2 Å². The van der Waals surface area contributed by atoms with Crippen LogP contribution in [0.5, 0.6) is 0 Å². The Bertz CT molecular complexity index is 177. The lowest BCUT2D eigenvalue weighted by Crippen LogP contribution is -2.33. The smallest absolute Gasteiger partial charge is 0.0857 e. The highest BCUT2D eigenvalue weighted by Gasteiger charge is 2.57. The predicted molar refractivity (Wildman–Crippen MR) is 56.6 cm³/mol. The van der Waals surface area contributed by atoms with E-state index in [-0.39, 0.29) is 0 Å². The van der Waals surface area contributed by atoms with Gasteiger partial charge in [-0.15, -0.1) is 0 Å². The molecule has 1 saturated heterocycles. The Morgan fingerprint density at radius 1 is 1.42 bits per heavy atom. The molecule has 1 nitrogen and oxygen atoms in total. The fourth-order valence-corrected chi connectivity index (χ4v) is 5.31. The van der Waals surface area contributed by atoms with Gasteiger partial charge in [0.05, 0.1) is 17.0 Å². The molecule has 0 radical (unpaired) electrons. The minimum absolute atomic E-state index is 0.384. The average molecular weight is 204 g/mol. The SMILES string of the molecule is CC(C)OC1C(C)SSC12CC2. The molecule has 12 heavy (non-hydrogen) atoms. The van der Waals surface area contributed by atoms with Gasteiger partial charge >= 0.3 is 0 Å². The van der Waals surface area contributed by atoms with Gasteiger partial charge in [0.2, 0.25) is 0 Å². The van der Waals surface area contributed by atoms with Crippen LogP contribution in [0.3, 0.4) is 0 Å². The van der Waals surface area contributed by atoms with Gasteiger partial charge < -0.3 is 4.74 Å². The molecule has 0 aromatic carbocycles. The molecule has 0 N–H and O–H groups in total. The normalized spacial score (nSPS) is 38.0. The van der Waals surface area contributed by atoms with Crippen LogP contribution in [-0.2, 0) is 4.74 Å². The minimum Gasteiger partial charge on any atom is -0.373 e. The molecule has 0 amide bonds. The summed E-state index contributed by atoms with van der Waals surface area (Å²) in [5.41, 5.74) is 0. The maximum absolute atomic E-state index is 5.96. The number of hydrogen-bond acceptors (Lipinski definition) is 3. The molecule has 1 heterocycles. The molecule has 1 aliphatic heterocycles. The Balaban J connectivity index is 2.00.